The molecule has 318 valence electrons. The highest BCUT2D eigenvalue weighted by Crippen LogP contribution is 2.43. The second-order valence-corrected chi connectivity index (χ2v) is 14.2. The second-order valence-electron chi connectivity index (χ2n) is 12.7. The topological polar surface area (TPSA) is 134 Å². The Balaban J connectivity index is 4.44. The Morgan fingerprint density at radius 2 is 0.912 bits per heavy atom. The lowest BCUT2D eigenvalue weighted by Crippen LogP contribution is -2.29. The number of phosphoric acid groups is 1. The average Bonchev–Trinajstić information content (AvgIpc) is 3.20. The molecule has 0 aromatic heterocycles. The third kappa shape index (κ3) is 41.6. The number of rotatable bonds is 36. The van der Waals surface area contributed by atoms with Gasteiger partial charge in [0.1, 0.15) is 6.61 Å². The van der Waals surface area contributed by atoms with Crippen LogP contribution in [0.3, 0.4) is 0 Å². The SMILES string of the molecule is CCC=CCC=CCC=CCC=CCC=CCC=CCCC(=O)O[C@H](COC(=O)CCCC=CCC=CCC=CCC=CCC=CCC)COP(=O)(O)OCCN. The van der Waals surface area contributed by atoms with Crippen molar-refractivity contribution in [2.45, 2.75) is 123 Å². The zero-order valence-corrected chi connectivity index (χ0v) is 35.6. The van der Waals surface area contributed by atoms with Gasteiger partial charge in [-0.3, -0.25) is 18.6 Å². The molecule has 0 bridgehead atoms. The third-order valence-electron chi connectivity index (χ3n) is 7.55. The average molecular weight is 810 g/mol. The van der Waals surface area contributed by atoms with E-state index in [1.165, 1.54) is 0 Å². The van der Waals surface area contributed by atoms with Crippen molar-refractivity contribution >= 4 is 19.8 Å². The molecular weight excluding hydrogens is 737 g/mol. The number of carbonyl (C=O) groups is 2. The van der Waals surface area contributed by atoms with Gasteiger partial charge in [-0.25, -0.2) is 4.57 Å². The highest BCUT2D eigenvalue weighted by molar-refractivity contribution is 7.47. The van der Waals surface area contributed by atoms with E-state index in [0.717, 1.165) is 70.6 Å². The summed E-state index contributed by atoms with van der Waals surface area (Å²) in [4.78, 5) is 34.8. The smallest absolute Gasteiger partial charge is 0.462 e. The first-order valence-corrected chi connectivity index (χ1v) is 22.2. The summed E-state index contributed by atoms with van der Waals surface area (Å²) in [6.07, 6.45) is 57.9. The van der Waals surface area contributed by atoms with Gasteiger partial charge in [-0.15, -0.1) is 0 Å². The fourth-order valence-corrected chi connectivity index (χ4v) is 5.34. The molecule has 0 amide bonds. The summed E-state index contributed by atoms with van der Waals surface area (Å²) in [7, 11) is -4.42. The van der Waals surface area contributed by atoms with Crippen LogP contribution < -0.4 is 5.73 Å². The molecule has 3 N–H and O–H groups in total. The minimum atomic E-state index is -4.42. The van der Waals surface area contributed by atoms with Gasteiger partial charge in [0.25, 0.3) is 0 Å². The Labute approximate surface area is 344 Å². The maximum Gasteiger partial charge on any atom is 0.472 e. The van der Waals surface area contributed by atoms with Gasteiger partial charge in [0.15, 0.2) is 6.10 Å². The molecule has 0 heterocycles. The van der Waals surface area contributed by atoms with Gasteiger partial charge in [0.2, 0.25) is 0 Å². The largest absolute Gasteiger partial charge is 0.472 e. The quantitative estimate of drug-likeness (QED) is 0.0274. The highest BCUT2D eigenvalue weighted by atomic mass is 31.2. The van der Waals surface area contributed by atoms with E-state index >= 15 is 0 Å². The number of esters is 2. The van der Waals surface area contributed by atoms with Crippen LogP contribution in [0.5, 0.6) is 0 Å². The van der Waals surface area contributed by atoms with Gasteiger partial charge < -0.3 is 20.1 Å². The second kappa shape index (κ2) is 41.8. The molecule has 0 saturated carbocycles. The Morgan fingerprint density at radius 1 is 0.526 bits per heavy atom. The number of unbranched alkanes of at least 4 members (excludes halogenated alkanes) is 1. The van der Waals surface area contributed by atoms with Crippen molar-refractivity contribution in [1.82, 2.24) is 0 Å². The summed E-state index contributed by atoms with van der Waals surface area (Å²) in [6.45, 7) is 3.30. The summed E-state index contributed by atoms with van der Waals surface area (Å²) >= 11 is 0. The number of phosphoric ester groups is 1. The first-order valence-electron chi connectivity index (χ1n) is 20.7. The van der Waals surface area contributed by atoms with Crippen LogP contribution in [0.1, 0.15) is 117 Å². The molecule has 0 aliphatic carbocycles. The van der Waals surface area contributed by atoms with E-state index in [0.29, 0.717) is 19.3 Å². The molecule has 9 nitrogen and oxygen atoms in total. The molecule has 1 unspecified atom stereocenters. The lowest BCUT2D eigenvalue weighted by Gasteiger charge is -2.19. The van der Waals surface area contributed by atoms with Crippen molar-refractivity contribution in [2.75, 3.05) is 26.4 Å². The Kier molecular flexibility index (Phi) is 39.0. The van der Waals surface area contributed by atoms with Crippen LogP contribution >= 0.6 is 7.82 Å². The van der Waals surface area contributed by atoms with E-state index in [9.17, 15) is 19.0 Å². The van der Waals surface area contributed by atoms with Gasteiger partial charge in [0, 0.05) is 19.4 Å². The predicted molar refractivity (Wildman–Crippen MR) is 237 cm³/mol. The third-order valence-corrected chi connectivity index (χ3v) is 8.53. The van der Waals surface area contributed by atoms with Gasteiger partial charge >= 0.3 is 19.8 Å². The van der Waals surface area contributed by atoms with Crippen molar-refractivity contribution in [2.24, 2.45) is 5.73 Å². The van der Waals surface area contributed by atoms with Crippen molar-refractivity contribution in [1.29, 1.82) is 0 Å². The minimum Gasteiger partial charge on any atom is -0.462 e. The van der Waals surface area contributed by atoms with Crippen LogP contribution in [-0.2, 0) is 32.7 Å². The number of carbonyl (C=O) groups excluding carboxylic acids is 2. The fraction of sp³-hybridized carbons (Fsp3) is 0.489. The maximum atomic E-state index is 12.5. The molecule has 0 rings (SSSR count). The lowest BCUT2D eigenvalue weighted by atomic mass is 10.2. The summed E-state index contributed by atoms with van der Waals surface area (Å²) in [6, 6.07) is 0. The molecule has 0 aliphatic rings. The van der Waals surface area contributed by atoms with Gasteiger partial charge in [0.05, 0.1) is 13.2 Å². The molecule has 0 saturated heterocycles. The molecule has 57 heavy (non-hydrogen) atoms. The summed E-state index contributed by atoms with van der Waals surface area (Å²) in [5.74, 6) is -1.01. The maximum absolute atomic E-state index is 12.5. The first kappa shape index (κ1) is 53.1. The van der Waals surface area contributed by atoms with Crippen molar-refractivity contribution in [3.63, 3.8) is 0 Å². The van der Waals surface area contributed by atoms with E-state index in [4.69, 9.17) is 24.3 Å². The molecule has 0 radical (unpaired) electrons. The van der Waals surface area contributed by atoms with E-state index in [1.807, 2.05) is 18.2 Å². The zero-order chi connectivity index (χ0) is 41.8. The number of allylic oxidation sites excluding steroid dienone is 22. The van der Waals surface area contributed by atoms with Crippen LogP contribution in [0, 0.1) is 0 Å². The van der Waals surface area contributed by atoms with Crippen LogP contribution in [0.4, 0.5) is 0 Å². The molecular formula is C47H72NO8P. The van der Waals surface area contributed by atoms with Crippen molar-refractivity contribution < 1.29 is 37.6 Å². The Hall–Kier alpha value is -3.85. The van der Waals surface area contributed by atoms with Gasteiger partial charge in [-0.1, -0.05) is 148 Å². The molecule has 0 fully saturated rings. The predicted octanol–water partition coefficient (Wildman–Crippen LogP) is 11.9. The van der Waals surface area contributed by atoms with Gasteiger partial charge in [-0.2, -0.15) is 0 Å². The zero-order valence-electron chi connectivity index (χ0n) is 34.8. The number of ether oxygens (including phenoxy) is 2. The van der Waals surface area contributed by atoms with E-state index in [-0.39, 0.29) is 32.6 Å². The molecule has 0 aromatic rings. The van der Waals surface area contributed by atoms with Crippen molar-refractivity contribution in [3.05, 3.63) is 134 Å². The lowest BCUT2D eigenvalue weighted by molar-refractivity contribution is -0.161. The Morgan fingerprint density at radius 3 is 1.32 bits per heavy atom. The summed E-state index contributed by atoms with van der Waals surface area (Å²) in [5.41, 5.74) is 5.33. The first-order chi connectivity index (χ1) is 27.8. The highest BCUT2D eigenvalue weighted by Gasteiger charge is 2.25. The van der Waals surface area contributed by atoms with E-state index < -0.39 is 32.5 Å². The fourth-order valence-electron chi connectivity index (χ4n) is 4.58. The number of hydrogen-bond acceptors (Lipinski definition) is 8. The van der Waals surface area contributed by atoms with Crippen LogP contribution in [0.25, 0.3) is 0 Å². The molecule has 0 aliphatic heterocycles. The molecule has 0 aromatic carbocycles. The van der Waals surface area contributed by atoms with E-state index in [1.54, 1.807) is 0 Å². The van der Waals surface area contributed by atoms with E-state index in [2.05, 4.69) is 129 Å². The monoisotopic (exact) mass is 809 g/mol. The minimum absolute atomic E-state index is 0.0259. The summed E-state index contributed by atoms with van der Waals surface area (Å²) < 4.78 is 32.6. The van der Waals surface area contributed by atoms with Crippen LogP contribution in [-0.4, -0.2) is 49.3 Å². The van der Waals surface area contributed by atoms with Gasteiger partial charge in [-0.05, 0) is 89.9 Å². The molecule has 0 spiro atoms. The number of nitrogens with two attached hydrogens (primary N) is 1. The van der Waals surface area contributed by atoms with Crippen molar-refractivity contribution in [3.8, 4) is 0 Å². The van der Waals surface area contributed by atoms with Crippen LogP contribution in [0.2, 0.25) is 0 Å². The number of hydrogen-bond donors (Lipinski definition) is 2. The standard InChI is InChI=1S/C47H72NO8P/c1-3-5-7-9-11-13-15-17-19-21-22-24-26-28-30-32-34-36-38-40-47(50)56-45(44-55-57(51,52)54-42-41-48)43-53-46(49)39-37-35-33-31-29-27-25-23-20-18-16-14-12-10-8-6-4-2/h5-8,11-14,17-20,22,24-25,27-28,30-31,33-34,36,45H,3-4,9-10,15-16,21,23,26,29,32,35,37-44,48H2,1-2H3,(H,51,52)/t45-/m1/s1. The summed E-state index contributed by atoms with van der Waals surface area (Å²) in [5, 5.41) is 0. The molecule has 10 heteroatoms. The van der Waals surface area contributed by atoms with Crippen LogP contribution in [0.15, 0.2) is 134 Å². The Bertz CT molecular complexity index is 1380. The molecule has 2 atom stereocenters. The normalized spacial score (nSPS) is 14.7.